The monoisotopic (exact) mass is 469 g/mol. The van der Waals surface area contributed by atoms with Gasteiger partial charge in [-0.05, 0) is 60.2 Å². The largest absolute Gasteiger partial charge is 0.487 e. The number of hydrogen-bond donors (Lipinski definition) is 0. The summed E-state index contributed by atoms with van der Waals surface area (Å²) in [5, 5.41) is 0.194. The molecule has 2 heterocycles. The molecule has 0 spiro atoms. The summed E-state index contributed by atoms with van der Waals surface area (Å²) in [5.41, 5.74) is 4.13. The van der Waals surface area contributed by atoms with Crippen LogP contribution in [0.25, 0.3) is 22.3 Å². The topological polar surface area (TPSA) is 65.0 Å². The molecule has 34 heavy (non-hydrogen) atoms. The second-order valence-corrected chi connectivity index (χ2v) is 7.94. The number of carbonyl (C=O) groups is 1. The number of halogens is 2. The molecule has 0 bridgehead atoms. The molecule has 0 N–H and O–H groups in total. The average Bonchev–Trinajstić information content (AvgIpc) is 2.87. The lowest BCUT2D eigenvalue weighted by Gasteiger charge is -2.11. The first-order valence-electron chi connectivity index (χ1n) is 10.5. The quantitative estimate of drug-likeness (QED) is 0.273. The summed E-state index contributed by atoms with van der Waals surface area (Å²) in [6.07, 6.45) is 5.07. The van der Waals surface area contributed by atoms with E-state index in [1.54, 1.807) is 67.1 Å². The fourth-order valence-electron chi connectivity index (χ4n) is 3.55. The highest BCUT2D eigenvalue weighted by Gasteiger charge is 2.17. The van der Waals surface area contributed by atoms with E-state index >= 15 is 0 Å². The predicted molar refractivity (Wildman–Crippen MR) is 128 cm³/mol. The van der Waals surface area contributed by atoms with Crippen LogP contribution >= 0.6 is 11.6 Å². The summed E-state index contributed by atoms with van der Waals surface area (Å²) in [6, 6.07) is 20.0. The Morgan fingerprint density at radius 3 is 2.65 bits per heavy atom. The maximum Gasteiger partial charge on any atom is 0.194 e. The molecule has 0 amide bonds. The van der Waals surface area contributed by atoms with Crippen molar-refractivity contribution in [3.05, 3.63) is 119 Å². The van der Waals surface area contributed by atoms with Crippen LogP contribution in [0.2, 0.25) is 5.02 Å². The third-order valence-corrected chi connectivity index (χ3v) is 5.64. The van der Waals surface area contributed by atoms with Gasteiger partial charge in [-0.2, -0.15) is 0 Å². The van der Waals surface area contributed by atoms with Crippen molar-refractivity contribution in [2.75, 3.05) is 0 Å². The van der Waals surface area contributed by atoms with Gasteiger partial charge in [0.15, 0.2) is 5.78 Å². The molecule has 0 saturated heterocycles. The van der Waals surface area contributed by atoms with Crippen molar-refractivity contribution >= 4 is 28.4 Å². The molecule has 0 aliphatic carbocycles. The molecule has 0 unspecified atom stereocenters. The maximum absolute atomic E-state index is 13.4. The molecule has 5 nitrogen and oxygen atoms in total. The number of fused-ring (bicyclic) bond motifs is 1. The van der Waals surface area contributed by atoms with Crippen LogP contribution in [-0.2, 0) is 6.61 Å². The summed E-state index contributed by atoms with van der Waals surface area (Å²) < 4.78 is 19.2. The van der Waals surface area contributed by atoms with E-state index in [1.807, 2.05) is 12.1 Å². The van der Waals surface area contributed by atoms with Crippen LogP contribution < -0.4 is 4.74 Å². The van der Waals surface area contributed by atoms with E-state index in [-0.39, 0.29) is 23.2 Å². The molecular weight excluding hydrogens is 453 g/mol. The van der Waals surface area contributed by atoms with Gasteiger partial charge >= 0.3 is 0 Å². The van der Waals surface area contributed by atoms with Gasteiger partial charge in [-0.1, -0.05) is 29.8 Å². The number of rotatable bonds is 6. The van der Waals surface area contributed by atoms with E-state index in [2.05, 4.69) is 15.0 Å². The van der Waals surface area contributed by atoms with Crippen LogP contribution in [0.4, 0.5) is 4.39 Å². The Hall–Kier alpha value is -4.16. The van der Waals surface area contributed by atoms with E-state index in [1.165, 1.54) is 12.1 Å². The average molecular weight is 470 g/mol. The molecule has 5 rings (SSSR count). The number of hydrogen-bond acceptors (Lipinski definition) is 5. The smallest absolute Gasteiger partial charge is 0.194 e. The second kappa shape index (κ2) is 9.37. The molecule has 0 fully saturated rings. The molecule has 3 aromatic carbocycles. The summed E-state index contributed by atoms with van der Waals surface area (Å²) in [7, 11) is 0. The van der Waals surface area contributed by atoms with E-state index in [0.29, 0.717) is 39.2 Å². The maximum atomic E-state index is 13.4. The van der Waals surface area contributed by atoms with Crippen LogP contribution in [0, 0.1) is 5.82 Å². The number of ether oxygens (including phenoxy) is 1. The molecule has 2 aromatic heterocycles. The van der Waals surface area contributed by atoms with Crippen LogP contribution in [0.1, 0.15) is 21.5 Å². The summed E-state index contributed by atoms with van der Waals surface area (Å²) in [6.45, 7) is 0.123. The Balaban J connectivity index is 1.43. The fourth-order valence-corrected chi connectivity index (χ4v) is 3.81. The Bertz CT molecular complexity index is 1510. The Morgan fingerprint density at radius 1 is 0.941 bits per heavy atom. The van der Waals surface area contributed by atoms with Gasteiger partial charge in [0.05, 0.1) is 27.9 Å². The third kappa shape index (κ3) is 4.49. The van der Waals surface area contributed by atoms with Crippen molar-refractivity contribution in [3.8, 4) is 17.0 Å². The molecule has 0 saturated carbocycles. The Labute approximate surface area is 199 Å². The molecule has 0 atom stereocenters. The van der Waals surface area contributed by atoms with Crippen LogP contribution in [-0.4, -0.2) is 20.7 Å². The highest BCUT2D eigenvalue weighted by molar-refractivity contribution is 6.36. The highest BCUT2D eigenvalue weighted by atomic mass is 35.5. The van der Waals surface area contributed by atoms with Gasteiger partial charge in [0.2, 0.25) is 0 Å². The van der Waals surface area contributed by atoms with E-state index < -0.39 is 0 Å². The third-order valence-electron chi connectivity index (χ3n) is 5.25. The van der Waals surface area contributed by atoms with Crippen LogP contribution in [0.3, 0.4) is 0 Å². The molecule has 0 radical (unpaired) electrons. The number of benzene rings is 3. The lowest BCUT2D eigenvalue weighted by Crippen LogP contribution is -2.04. The van der Waals surface area contributed by atoms with Gasteiger partial charge in [-0.3, -0.25) is 14.8 Å². The predicted octanol–water partition coefficient (Wildman–Crippen LogP) is 6.29. The number of aromatic nitrogens is 3. The first-order valence-corrected chi connectivity index (χ1v) is 10.8. The zero-order chi connectivity index (χ0) is 23.5. The standard InChI is InChI=1S/C27H17ClFN3O2/c28-26-21(7-2-8-25(26)34-16-17-4-1-6-20(29)12-17)27(33)18-9-10-22-23(13-18)32-24(15-31-22)19-5-3-11-30-14-19/h1-15H,16H2. The van der Waals surface area contributed by atoms with Crippen molar-refractivity contribution in [2.24, 2.45) is 0 Å². The second-order valence-electron chi connectivity index (χ2n) is 7.57. The van der Waals surface area contributed by atoms with Crippen LogP contribution in [0.5, 0.6) is 5.75 Å². The Kier molecular flexibility index (Phi) is 5.97. The van der Waals surface area contributed by atoms with E-state index in [0.717, 1.165) is 5.56 Å². The Morgan fingerprint density at radius 2 is 1.82 bits per heavy atom. The van der Waals surface area contributed by atoms with Crippen molar-refractivity contribution in [1.29, 1.82) is 0 Å². The minimum Gasteiger partial charge on any atom is -0.487 e. The minimum absolute atomic E-state index is 0.123. The normalized spacial score (nSPS) is 10.9. The number of ketones is 1. The summed E-state index contributed by atoms with van der Waals surface area (Å²) >= 11 is 6.52. The molecular formula is C27H17ClFN3O2. The van der Waals surface area contributed by atoms with Crippen LogP contribution in [0.15, 0.2) is 91.4 Å². The lowest BCUT2D eigenvalue weighted by molar-refractivity contribution is 0.103. The van der Waals surface area contributed by atoms with Crippen molar-refractivity contribution in [1.82, 2.24) is 15.0 Å². The highest BCUT2D eigenvalue weighted by Crippen LogP contribution is 2.31. The number of carbonyl (C=O) groups excluding carboxylic acids is 1. The zero-order valence-electron chi connectivity index (χ0n) is 17.8. The van der Waals surface area contributed by atoms with Gasteiger partial charge in [-0.15, -0.1) is 0 Å². The minimum atomic E-state index is -0.345. The van der Waals surface area contributed by atoms with E-state index in [4.69, 9.17) is 16.3 Å². The zero-order valence-corrected chi connectivity index (χ0v) is 18.5. The first-order chi connectivity index (χ1) is 16.6. The van der Waals surface area contributed by atoms with Crippen molar-refractivity contribution in [2.45, 2.75) is 6.61 Å². The first kappa shape index (κ1) is 21.7. The molecule has 0 aliphatic rings. The fraction of sp³-hybridized carbons (Fsp3) is 0.0370. The number of nitrogens with zero attached hydrogens (tertiary/aromatic N) is 3. The number of pyridine rings is 1. The molecule has 7 heteroatoms. The molecule has 0 aliphatic heterocycles. The SMILES string of the molecule is O=C(c1ccc2ncc(-c3cccnc3)nc2c1)c1cccc(OCc2cccc(F)c2)c1Cl. The molecule has 166 valence electrons. The lowest BCUT2D eigenvalue weighted by atomic mass is 10.0. The van der Waals surface area contributed by atoms with Gasteiger partial charge in [-0.25, -0.2) is 9.37 Å². The summed E-state index contributed by atoms with van der Waals surface area (Å²) in [4.78, 5) is 26.5. The van der Waals surface area contributed by atoms with Gasteiger partial charge in [0, 0.05) is 29.1 Å². The molecule has 5 aromatic rings. The summed E-state index contributed by atoms with van der Waals surface area (Å²) in [5.74, 6) is -0.268. The van der Waals surface area contributed by atoms with Gasteiger partial charge < -0.3 is 4.74 Å². The van der Waals surface area contributed by atoms with Gasteiger partial charge in [0.25, 0.3) is 0 Å². The van der Waals surface area contributed by atoms with Gasteiger partial charge in [0.1, 0.15) is 18.2 Å². The van der Waals surface area contributed by atoms with E-state index in [9.17, 15) is 9.18 Å². The van der Waals surface area contributed by atoms with Crippen molar-refractivity contribution in [3.63, 3.8) is 0 Å². The van der Waals surface area contributed by atoms with Crippen molar-refractivity contribution < 1.29 is 13.9 Å².